The molecular weight excluding hydrogens is 483 g/mol. The van der Waals surface area contributed by atoms with Crippen molar-refractivity contribution in [3.8, 4) is 0 Å². The lowest BCUT2D eigenvalue weighted by atomic mass is 10.1. The number of nitrogens with zero attached hydrogens (tertiary/aromatic N) is 4. The first kappa shape index (κ1) is 24.9. The van der Waals surface area contributed by atoms with Crippen molar-refractivity contribution in [3.05, 3.63) is 104 Å². The van der Waals surface area contributed by atoms with Crippen LogP contribution in [0.4, 0.5) is 0 Å². The number of fused-ring (bicyclic) bond motifs is 1. The van der Waals surface area contributed by atoms with Crippen LogP contribution in [0.25, 0.3) is 10.9 Å². The van der Waals surface area contributed by atoms with E-state index in [1.165, 1.54) is 0 Å². The topological polar surface area (TPSA) is 68.1 Å². The molecule has 35 heavy (non-hydrogen) atoms. The van der Waals surface area contributed by atoms with Gasteiger partial charge in [-0.2, -0.15) is 0 Å². The Balaban J connectivity index is 1.82. The van der Waals surface area contributed by atoms with E-state index in [1.807, 2.05) is 50.2 Å². The van der Waals surface area contributed by atoms with Gasteiger partial charge in [0.05, 0.1) is 27.0 Å². The summed E-state index contributed by atoms with van der Waals surface area (Å²) in [6, 6.07) is 17.4. The molecule has 2 aromatic carbocycles. The molecule has 0 radical (unpaired) electrons. The number of pyridine rings is 1. The van der Waals surface area contributed by atoms with Crippen LogP contribution >= 0.6 is 23.2 Å². The molecule has 8 heteroatoms. The van der Waals surface area contributed by atoms with Crippen molar-refractivity contribution in [1.82, 2.24) is 19.4 Å². The lowest BCUT2D eigenvalue weighted by molar-refractivity contribution is 0.0659. The quantitative estimate of drug-likeness (QED) is 0.294. The normalized spacial score (nSPS) is 12.0. The average Bonchev–Trinajstić information content (AvgIpc) is 2.88. The van der Waals surface area contributed by atoms with Gasteiger partial charge >= 0.3 is 0 Å². The molecule has 1 unspecified atom stereocenters. The van der Waals surface area contributed by atoms with Crippen molar-refractivity contribution >= 4 is 40.0 Å². The van der Waals surface area contributed by atoms with Crippen LogP contribution in [-0.2, 0) is 13.0 Å². The number of carbonyl (C=O) groups is 1. The number of rotatable bonds is 8. The van der Waals surface area contributed by atoms with Crippen LogP contribution < -0.4 is 5.56 Å². The Labute approximate surface area is 214 Å². The number of para-hydroxylation sites is 1. The minimum atomic E-state index is -0.432. The average molecular weight is 509 g/mol. The van der Waals surface area contributed by atoms with Crippen molar-refractivity contribution in [3.63, 3.8) is 0 Å². The summed E-state index contributed by atoms with van der Waals surface area (Å²) in [6.45, 7) is 4.73. The third-order valence-electron chi connectivity index (χ3n) is 6.03. The summed E-state index contributed by atoms with van der Waals surface area (Å²) in [6.07, 6.45) is 2.85. The summed E-state index contributed by atoms with van der Waals surface area (Å²) >= 11 is 12.3. The first-order chi connectivity index (χ1) is 16.9. The fourth-order valence-electron chi connectivity index (χ4n) is 4.26. The van der Waals surface area contributed by atoms with Gasteiger partial charge in [-0.15, -0.1) is 0 Å². The van der Waals surface area contributed by atoms with E-state index in [1.54, 1.807) is 39.9 Å². The van der Waals surface area contributed by atoms with Crippen LogP contribution in [0.2, 0.25) is 10.0 Å². The second kappa shape index (κ2) is 11.0. The van der Waals surface area contributed by atoms with Crippen LogP contribution in [0.15, 0.2) is 71.7 Å². The highest BCUT2D eigenvalue weighted by Gasteiger charge is 2.29. The van der Waals surface area contributed by atoms with Gasteiger partial charge in [-0.1, -0.05) is 48.3 Å². The Morgan fingerprint density at radius 2 is 1.80 bits per heavy atom. The van der Waals surface area contributed by atoms with Gasteiger partial charge in [-0.05, 0) is 55.8 Å². The van der Waals surface area contributed by atoms with Gasteiger partial charge in [0.2, 0.25) is 0 Å². The molecular formula is C27H26Cl2N4O2. The van der Waals surface area contributed by atoms with Crippen molar-refractivity contribution < 1.29 is 4.79 Å². The molecule has 6 nitrogen and oxygen atoms in total. The zero-order valence-electron chi connectivity index (χ0n) is 19.6. The monoisotopic (exact) mass is 508 g/mol. The van der Waals surface area contributed by atoms with Gasteiger partial charge in [0.1, 0.15) is 5.82 Å². The lowest BCUT2D eigenvalue weighted by Crippen LogP contribution is -2.40. The maximum Gasteiger partial charge on any atom is 0.261 e. The number of halogens is 2. The lowest BCUT2D eigenvalue weighted by Gasteiger charge is -2.32. The second-order valence-electron chi connectivity index (χ2n) is 8.16. The van der Waals surface area contributed by atoms with E-state index in [9.17, 15) is 9.59 Å². The predicted molar refractivity (Wildman–Crippen MR) is 140 cm³/mol. The minimum Gasteiger partial charge on any atom is -0.328 e. The van der Waals surface area contributed by atoms with E-state index in [4.69, 9.17) is 28.2 Å². The van der Waals surface area contributed by atoms with Crippen molar-refractivity contribution in [2.75, 3.05) is 6.54 Å². The summed E-state index contributed by atoms with van der Waals surface area (Å²) in [5.74, 6) is 0.351. The summed E-state index contributed by atoms with van der Waals surface area (Å²) in [7, 11) is 0. The minimum absolute atomic E-state index is 0.113. The molecule has 4 rings (SSSR count). The molecule has 4 aromatic rings. The molecule has 0 saturated carbocycles. The first-order valence-corrected chi connectivity index (χ1v) is 12.4. The van der Waals surface area contributed by atoms with Gasteiger partial charge < -0.3 is 4.90 Å². The van der Waals surface area contributed by atoms with E-state index in [0.29, 0.717) is 58.3 Å². The van der Waals surface area contributed by atoms with Crippen molar-refractivity contribution in [1.29, 1.82) is 0 Å². The van der Waals surface area contributed by atoms with Gasteiger partial charge in [0, 0.05) is 37.0 Å². The van der Waals surface area contributed by atoms with Gasteiger partial charge in [-0.3, -0.25) is 19.1 Å². The third kappa shape index (κ3) is 5.24. The number of hydrogen-bond acceptors (Lipinski definition) is 4. The summed E-state index contributed by atoms with van der Waals surface area (Å²) in [5, 5.41) is 1.25. The number of amides is 1. The molecule has 2 heterocycles. The molecule has 0 aliphatic rings. The molecule has 2 aromatic heterocycles. The molecule has 1 amide bonds. The molecule has 0 saturated heterocycles. The molecule has 0 spiro atoms. The fraction of sp³-hybridized carbons (Fsp3) is 0.259. The Morgan fingerprint density at radius 3 is 2.49 bits per heavy atom. The van der Waals surface area contributed by atoms with Crippen LogP contribution in [0, 0.1) is 0 Å². The number of benzene rings is 2. The van der Waals surface area contributed by atoms with Gasteiger partial charge in [0.15, 0.2) is 0 Å². The molecule has 0 aliphatic heterocycles. The van der Waals surface area contributed by atoms with Gasteiger partial charge in [-0.25, -0.2) is 4.98 Å². The molecule has 0 aliphatic carbocycles. The Hall–Kier alpha value is -3.22. The van der Waals surface area contributed by atoms with E-state index >= 15 is 0 Å². The van der Waals surface area contributed by atoms with Crippen LogP contribution in [0.3, 0.4) is 0 Å². The maximum atomic E-state index is 13.8. The highest BCUT2D eigenvalue weighted by molar-refractivity contribution is 6.42. The highest BCUT2D eigenvalue weighted by Crippen LogP contribution is 2.28. The van der Waals surface area contributed by atoms with Crippen LogP contribution in [0.1, 0.15) is 48.2 Å². The molecule has 0 fully saturated rings. The van der Waals surface area contributed by atoms with E-state index in [0.717, 1.165) is 5.69 Å². The molecule has 180 valence electrons. The molecule has 1 atom stereocenters. The van der Waals surface area contributed by atoms with Crippen molar-refractivity contribution in [2.45, 2.75) is 39.3 Å². The summed E-state index contributed by atoms with van der Waals surface area (Å²) in [4.78, 5) is 38.2. The van der Waals surface area contributed by atoms with Crippen LogP contribution in [-0.4, -0.2) is 31.9 Å². The predicted octanol–water partition coefficient (Wildman–Crippen LogP) is 5.95. The largest absolute Gasteiger partial charge is 0.328 e. The smallest absolute Gasteiger partial charge is 0.261 e. The number of aromatic nitrogens is 3. The number of carbonyl (C=O) groups excluding carboxylic acids is 1. The summed E-state index contributed by atoms with van der Waals surface area (Å²) < 4.78 is 1.66. The Morgan fingerprint density at radius 1 is 1.03 bits per heavy atom. The third-order valence-corrected chi connectivity index (χ3v) is 6.77. The molecule has 0 N–H and O–H groups in total. The Kier molecular flexibility index (Phi) is 7.83. The van der Waals surface area contributed by atoms with E-state index in [2.05, 4.69) is 4.98 Å². The fourth-order valence-corrected chi connectivity index (χ4v) is 4.56. The first-order valence-electron chi connectivity index (χ1n) is 11.6. The zero-order valence-corrected chi connectivity index (χ0v) is 21.1. The van der Waals surface area contributed by atoms with E-state index in [-0.39, 0.29) is 11.5 Å². The second-order valence-corrected chi connectivity index (χ2v) is 8.97. The Bertz CT molecular complexity index is 1410. The molecule has 0 bridgehead atoms. The highest BCUT2D eigenvalue weighted by atomic mass is 35.5. The van der Waals surface area contributed by atoms with E-state index < -0.39 is 6.04 Å². The SMILES string of the molecule is CCC(c1nc2ccccc2c(=O)n1CC)N(CCc1ccccn1)C(=O)c1ccc(Cl)c(Cl)c1. The number of hydrogen-bond donors (Lipinski definition) is 0. The summed E-state index contributed by atoms with van der Waals surface area (Å²) in [5.41, 5.74) is 1.79. The van der Waals surface area contributed by atoms with Gasteiger partial charge in [0.25, 0.3) is 11.5 Å². The standard InChI is InChI=1S/C27H26Cl2N4O2/c1-3-24(25-31-23-11-6-5-10-20(23)27(35)32(25)4-2)33(16-14-19-9-7-8-15-30-19)26(34)18-12-13-21(28)22(29)17-18/h5-13,15,17,24H,3-4,14,16H2,1-2H3. The maximum absolute atomic E-state index is 13.8. The van der Waals surface area contributed by atoms with Crippen LogP contribution in [0.5, 0.6) is 0 Å². The zero-order chi connectivity index (χ0) is 24.9. The van der Waals surface area contributed by atoms with Crippen molar-refractivity contribution in [2.24, 2.45) is 0 Å².